The van der Waals surface area contributed by atoms with E-state index in [0.29, 0.717) is 0 Å². The zero-order valence-electron chi connectivity index (χ0n) is 41.2. The summed E-state index contributed by atoms with van der Waals surface area (Å²) >= 11 is 0. The Labute approximate surface area is 383 Å². The quantitative estimate of drug-likeness (QED) is 0.167. The van der Waals surface area contributed by atoms with Gasteiger partial charge in [0.2, 0.25) is 0 Å². The first-order valence-electron chi connectivity index (χ1n) is 23.4. The first kappa shape index (κ1) is 43.4. The van der Waals surface area contributed by atoms with E-state index < -0.39 is 0 Å². The van der Waals surface area contributed by atoms with Gasteiger partial charge in [-0.25, -0.2) is 0 Å². The van der Waals surface area contributed by atoms with Crippen LogP contribution in [-0.2, 0) is 27.1 Å². The predicted molar refractivity (Wildman–Crippen MR) is 279 cm³/mol. The number of hydrogen-bond donors (Lipinski definition) is 0. The molecule has 2 nitrogen and oxygen atoms in total. The second-order valence-corrected chi connectivity index (χ2v) is 23.6. The molecule has 9 rings (SSSR count). The van der Waals surface area contributed by atoms with Gasteiger partial charge >= 0.3 is 0 Å². The Morgan fingerprint density at radius 3 is 1.23 bits per heavy atom. The average molecular weight is 841 g/mol. The molecule has 0 fully saturated rings. The molecular formula is C62H68N2. The number of hydrogen-bond acceptors (Lipinski definition) is 0. The molecule has 0 aliphatic carbocycles. The van der Waals surface area contributed by atoms with E-state index in [-0.39, 0.29) is 27.1 Å². The molecule has 0 aliphatic rings. The second-order valence-electron chi connectivity index (χ2n) is 23.6. The Balaban J connectivity index is 1.44. The highest BCUT2D eigenvalue weighted by Crippen LogP contribution is 2.47. The van der Waals surface area contributed by atoms with Crippen LogP contribution in [0.5, 0.6) is 0 Å². The molecular weight excluding hydrogens is 773 g/mol. The van der Waals surface area contributed by atoms with Crippen LogP contribution in [0, 0.1) is 0 Å². The largest absolute Gasteiger partial charge is 0.309 e. The van der Waals surface area contributed by atoms with Crippen molar-refractivity contribution >= 4 is 43.6 Å². The molecule has 0 bridgehead atoms. The third-order valence-electron chi connectivity index (χ3n) is 13.5. The summed E-state index contributed by atoms with van der Waals surface area (Å²) in [5.74, 6) is 0. The summed E-state index contributed by atoms with van der Waals surface area (Å²) in [6, 6.07) is 53.5. The fourth-order valence-electron chi connectivity index (χ4n) is 10.4. The third-order valence-corrected chi connectivity index (χ3v) is 13.5. The van der Waals surface area contributed by atoms with Gasteiger partial charge in [0, 0.05) is 21.5 Å². The monoisotopic (exact) mass is 841 g/mol. The van der Waals surface area contributed by atoms with Gasteiger partial charge in [0.15, 0.2) is 0 Å². The number of benzene rings is 7. The normalized spacial score (nSPS) is 13.2. The van der Waals surface area contributed by atoms with Crippen LogP contribution in [-0.4, -0.2) is 9.13 Å². The molecule has 2 heteroatoms. The Kier molecular flexibility index (Phi) is 10.1. The Hall–Kier alpha value is -5.86. The summed E-state index contributed by atoms with van der Waals surface area (Å²) in [5, 5.41) is 5.08. The lowest BCUT2D eigenvalue weighted by molar-refractivity contribution is 0.528. The molecule has 9 aromatic rings. The van der Waals surface area contributed by atoms with E-state index in [4.69, 9.17) is 0 Å². The minimum absolute atomic E-state index is 0.0197. The SMILES string of the molecule is CC(C)(C)c1cc(-c2cc(-c3ccc4c5ccccc5n(-c5cccc(C(C)(C)C)c5C(C)(C)C)c4c3)cc(-n3c4ccccc4c4ccccc43)c2C(C)(C)C)cc(C(C)(C)C)c1. The molecule has 0 saturated carbocycles. The molecule has 0 aliphatic heterocycles. The van der Waals surface area contributed by atoms with Gasteiger partial charge in [-0.2, -0.15) is 0 Å². The minimum Gasteiger partial charge on any atom is -0.309 e. The zero-order valence-corrected chi connectivity index (χ0v) is 41.2. The topological polar surface area (TPSA) is 9.86 Å². The van der Waals surface area contributed by atoms with Gasteiger partial charge in [0.25, 0.3) is 0 Å². The Bertz CT molecular complexity index is 3190. The molecule has 0 radical (unpaired) electrons. The highest BCUT2D eigenvalue weighted by molar-refractivity contribution is 6.11. The van der Waals surface area contributed by atoms with Gasteiger partial charge in [0.05, 0.1) is 33.4 Å². The number of rotatable bonds is 4. The fourth-order valence-corrected chi connectivity index (χ4v) is 10.4. The lowest BCUT2D eigenvalue weighted by atomic mass is 9.74. The van der Waals surface area contributed by atoms with E-state index >= 15 is 0 Å². The van der Waals surface area contributed by atoms with Crippen LogP contribution in [0.25, 0.3) is 77.2 Å². The Morgan fingerprint density at radius 2 is 0.766 bits per heavy atom. The third kappa shape index (κ3) is 7.37. The van der Waals surface area contributed by atoms with E-state index in [2.05, 4.69) is 253 Å². The van der Waals surface area contributed by atoms with Gasteiger partial charge in [0.1, 0.15) is 0 Å². The van der Waals surface area contributed by atoms with Gasteiger partial charge in [-0.15, -0.1) is 0 Å². The van der Waals surface area contributed by atoms with Gasteiger partial charge in [-0.05, 0) is 120 Å². The minimum atomic E-state index is -0.201. The van der Waals surface area contributed by atoms with Gasteiger partial charge in [-0.3, -0.25) is 0 Å². The molecule has 0 spiro atoms. The summed E-state index contributed by atoms with van der Waals surface area (Å²) in [7, 11) is 0. The summed E-state index contributed by atoms with van der Waals surface area (Å²) in [6.07, 6.45) is 0. The van der Waals surface area contributed by atoms with Gasteiger partial charge in [-0.1, -0.05) is 201 Å². The maximum atomic E-state index is 2.56. The van der Waals surface area contributed by atoms with Crippen molar-refractivity contribution in [3.05, 3.63) is 167 Å². The molecule has 2 heterocycles. The molecule has 0 N–H and O–H groups in total. The van der Waals surface area contributed by atoms with Crippen LogP contribution in [0.1, 0.15) is 132 Å². The van der Waals surface area contributed by atoms with Crippen LogP contribution in [0.15, 0.2) is 140 Å². The van der Waals surface area contributed by atoms with Crippen molar-refractivity contribution in [2.75, 3.05) is 0 Å². The molecule has 2 aromatic heterocycles. The predicted octanol–water partition coefficient (Wildman–Crippen LogP) is 17.7. The Morgan fingerprint density at radius 1 is 0.297 bits per heavy atom. The molecule has 7 aromatic carbocycles. The van der Waals surface area contributed by atoms with E-state index in [1.807, 2.05) is 0 Å². The molecule has 64 heavy (non-hydrogen) atoms. The van der Waals surface area contributed by atoms with Crippen LogP contribution in [0.2, 0.25) is 0 Å². The summed E-state index contributed by atoms with van der Waals surface area (Å²) in [4.78, 5) is 0. The summed E-state index contributed by atoms with van der Waals surface area (Å²) < 4.78 is 5.12. The van der Waals surface area contributed by atoms with Crippen molar-refractivity contribution in [2.24, 2.45) is 0 Å². The van der Waals surface area contributed by atoms with Crippen molar-refractivity contribution in [1.29, 1.82) is 0 Å². The lowest BCUT2D eigenvalue weighted by Gasteiger charge is -2.33. The maximum absolute atomic E-state index is 2.56. The van der Waals surface area contributed by atoms with Crippen molar-refractivity contribution in [2.45, 2.75) is 131 Å². The lowest BCUT2D eigenvalue weighted by Crippen LogP contribution is -2.24. The number of fused-ring (bicyclic) bond motifs is 6. The number of nitrogens with zero attached hydrogens (tertiary/aromatic N) is 2. The standard InChI is InChI=1S/C62H68N2/c1-58(2,3)42-33-41(34-43(38-42)59(4,5)6)48-35-40(37-55(56(48)61(10,11)12)63-50-27-19-16-23-44(50)45-24-17-20-28-51(45)63)39-31-32-47-46-25-18-21-29-52(46)64(54(47)36-39)53-30-22-26-49(60(7,8)9)57(53)62(13,14)15/h16-38H,1-15H3. The van der Waals surface area contributed by atoms with Crippen molar-refractivity contribution in [3.8, 4) is 33.6 Å². The molecule has 0 unspecified atom stereocenters. The highest BCUT2D eigenvalue weighted by Gasteiger charge is 2.31. The van der Waals surface area contributed by atoms with E-state index in [0.717, 1.165) is 0 Å². The molecule has 0 saturated heterocycles. The van der Waals surface area contributed by atoms with Crippen LogP contribution >= 0.6 is 0 Å². The fraction of sp³-hybridized carbons (Fsp3) is 0.323. The first-order valence-corrected chi connectivity index (χ1v) is 23.4. The van der Waals surface area contributed by atoms with E-state index in [1.54, 1.807) is 0 Å². The highest BCUT2D eigenvalue weighted by atomic mass is 15.0. The van der Waals surface area contributed by atoms with Crippen LogP contribution in [0.4, 0.5) is 0 Å². The second kappa shape index (κ2) is 14.8. The molecule has 0 atom stereocenters. The van der Waals surface area contributed by atoms with Crippen molar-refractivity contribution < 1.29 is 0 Å². The first-order chi connectivity index (χ1) is 29.9. The van der Waals surface area contributed by atoms with Gasteiger partial charge < -0.3 is 9.13 Å². The molecule has 326 valence electrons. The molecule has 0 amide bonds. The summed E-state index contributed by atoms with van der Waals surface area (Å²) in [5.41, 5.74) is 18.8. The van der Waals surface area contributed by atoms with Crippen LogP contribution < -0.4 is 0 Å². The average Bonchev–Trinajstić information content (AvgIpc) is 3.73. The van der Waals surface area contributed by atoms with E-state index in [1.165, 1.54) is 105 Å². The smallest absolute Gasteiger partial charge is 0.0547 e. The number of aromatic nitrogens is 2. The van der Waals surface area contributed by atoms with Crippen molar-refractivity contribution in [3.63, 3.8) is 0 Å². The summed E-state index contributed by atoms with van der Waals surface area (Å²) in [6.45, 7) is 35.4. The number of para-hydroxylation sites is 3. The zero-order chi connectivity index (χ0) is 45.9. The maximum Gasteiger partial charge on any atom is 0.0547 e. The van der Waals surface area contributed by atoms with E-state index in [9.17, 15) is 0 Å². The van der Waals surface area contributed by atoms with Crippen LogP contribution in [0.3, 0.4) is 0 Å². The van der Waals surface area contributed by atoms with Crippen molar-refractivity contribution in [1.82, 2.24) is 9.13 Å².